The highest BCUT2D eigenvalue weighted by molar-refractivity contribution is 7.98. The van der Waals surface area contributed by atoms with E-state index in [9.17, 15) is 14.7 Å². The third-order valence-electron chi connectivity index (χ3n) is 4.87. The van der Waals surface area contributed by atoms with E-state index in [2.05, 4.69) is 5.32 Å². The molecule has 0 radical (unpaired) electrons. The Morgan fingerprint density at radius 1 is 1.07 bits per heavy atom. The molecule has 0 spiro atoms. The van der Waals surface area contributed by atoms with Gasteiger partial charge < -0.3 is 15.0 Å². The maximum absolute atomic E-state index is 13.2. The van der Waals surface area contributed by atoms with E-state index in [-0.39, 0.29) is 17.9 Å². The number of hydrogen-bond donors (Lipinski definition) is 2. The molecule has 1 amide bonds. The number of carbonyl (C=O) groups is 1. The van der Waals surface area contributed by atoms with E-state index in [0.29, 0.717) is 16.8 Å². The first kappa shape index (κ1) is 20.3. The van der Waals surface area contributed by atoms with Gasteiger partial charge in [0.25, 0.3) is 11.5 Å². The lowest BCUT2D eigenvalue weighted by Gasteiger charge is -2.13. The highest BCUT2D eigenvalue weighted by atomic mass is 32.2. The van der Waals surface area contributed by atoms with Crippen molar-refractivity contribution in [2.24, 2.45) is 0 Å². The van der Waals surface area contributed by atoms with Gasteiger partial charge in [0.05, 0.1) is 16.8 Å². The summed E-state index contributed by atoms with van der Waals surface area (Å²) in [6, 6.07) is 19.2. The van der Waals surface area contributed by atoms with Crippen molar-refractivity contribution in [2.45, 2.75) is 18.0 Å². The summed E-state index contributed by atoms with van der Waals surface area (Å²) in [5, 5.41) is 15.3. The van der Waals surface area contributed by atoms with Crippen LogP contribution in [-0.4, -0.2) is 21.8 Å². The molecule has 4 aromatic rings. The van der Waals surface area contributed by atoms with Crippen LogP contribution in [0.2, 0.25) is 0 Å². The van der Waals surface area contributed by atoms with Gasteiger partial charge in [-0.05, 0) is 41.0 Å². The van der Waals surface area contributed by atoms with Crippen molar-refractivity contribution in [3.05, 3.63) is 93.1 Å². The van der Waals surface area contributed by atoms with Crippen LogP contribution in [0.5, 0.6) is 5.75 Å². The molecule has 4 rings (SSSR count). The van der Waals surface area contributed by atoms with Gasteiger partial charge in [-0.1, -0.05) is 42.5 Å². The van der Waals surface area contributed by atoms with Crippen LogP contribution in [0.1, 0.15) is 21.5 Å². The third kappa shape index (κ3) is 3.99. The fraction of sp³-hybridized carbons (Fsp3) is 0.130. The zero-order chi connectivity index (χ0) is 21.1. The van der Waals surface area contributed by atoms with Crippen LogP contribution in [0.3, 0.4) is 0 Å². The average Bonchev–Trinajstić information content (AvgIpc) is 3.26. The number of thioether (sulfide) groups is 1. The number of pyridine rings is 1. The minimum absolute atomic E-state index is 0.221. The number of nitrogens with one attached hydrogen (secondary N) is 1. The zero-order valence-electron chi connectivity index (χ0n) is 16.3. The summed E-state index contributed by atoms with van der Waals surface area (Å²) >= 11 is 2.95. The number of amides is 1. The number of hydrogen-bond acceptors (Lipinski definition) is 5. The molecule has 0 saturated heterocycles. The number of aromatic nitrogens is 1. The Morgan fingerprint density at radius 2 is 1.80 bits per heavy atom. The van der Waals surface area contributed by atoms with Crippen molar-refractivity contribution in [2.75, 3.05) is 6.26 Å². The Bertz CT molecular complexity index is 1250. The minimum Gasteiger partial charge on any atom is -0.505 e. The maximum atomic E-state index is 13.2. The zero-order valence-corrected chi connectivity index (χ0v) is 17.9. The Kier molecular flexibility index (Phi) is 5.92. The second kappa shape index (κ2) is 8.77. The van der Waals surface area contributed by atoms with Gasteiger partial charge in [-0.2, -0.15) is 0 Å². The molecule has 30 heavy (non-hydrogen) atoms. The highest BCUT2D eigenvalue weighted by Gasteiger charge is 2.23. The van der Waals surface area contributed by atoms with Gasteiger partial charge in [0.2, 0.25) is 0 Å². The summed E-state index contributed by atoms with van der Waals surface area (Å²) in [6.07, 6.45) is 2.00. The molecule has 0 atom stereocenters. The Morgan fingerprint density at radius 3 is 2.50 bits per heavy atom. The first-order valence-corrected chi connectivity index (χ1v) is 11.5. The monoisotopic (exact) mass is 436 g/mol. The van der Waals surface area contributed by atoms with Crippen molar-refractivity contribution in [3.8, 4) is 5.75 Å². The molecular weight excluding hydrogens is 416 g/mol. The molecule has 2 N–H and O–H groups in total. The summed E-state index contributed by atoms with van der Waals surface area (Å²) < 4.78 is 2.07. The number of rotatable bonds is 6. The molecular formula is C23H20N2O3S2. The normalized spacial score (nSPS) is 11.0. The Balaban J connectivity index is 1.67. The van der Waals surface area contributed by atoms with Gasteiger partial charge >= 0.3 is 0 Å². The van der Waals surface area contributed by atoms with Crippen LogP contribution in [-0.2, 0) is 13.1 Å². The smallest absolute Gasteiger partial charge is 0.268 e. The predicted octanol–water partition coefficient (Wildman–Crippen LogP) is 4.47. The van der Waals surface area contributed by atoms with E-state index in [0.717, 1.165) is 16.0 Å². The van der Waals surface area contributed by atoms with E-state index in [1.807, 2.05) is 60.9 Å². The standard InChI is InChI=1S/C23H20N2O3S2/c1-29-17-9-7-15(8-10-17)13-24-22(27)19-20(26)21-18(11-12-30-21)25(23(19)28)14-16-5-3-2-4-6-16/h2-12,26H,13-14H2,1H3,(H,24,27). The fourth-order valence-corrected chi connectivity index (χ4v) is 4.55. The first-order valence-electron chi connectivity index (χ1n) is 9.36. The van der Waals surface area contributed by atoms with Gasteiger partial charge in [-0.15, -0.1) is 23.1 Å². The fourth-order valence-electron chi connectivity index (χ4n) is 3.29. The molecule has 0 unspecified atom stereocenters. The van der Waals surface area contributed by atoms with Crippen molar-refractivity contribution < 1.29 is 9.90 Å². The van der Waals surface area contributed by atoms with E-state index in [4.69, 9.17) is 0 Å². The molecule has 0 bridgehead atoms. The lowest BCUT2D eigenvalue weighted by Crippen LogP contribution is -2.33. The van der Waals surface area contributed by atoms with Gasteiger partial charge in [0.1, 0.15) is 5.56 Å². The van der Waals surface area contributed by atoms with Crippen molar-refractivity contribution >= 4 is 39.2 Å². The molecule has 0 aliphatic rings. The molecule has 0 aliphatic carbocycles. The van der Waals surface area contributed by atoms with Crippen molar-refractivity contribution in [1.82, 2.24) is 9.88 Å². The maximum Gasteiger partial charge on any atom is 0.268 e. The topological polar surface area (TPSA) is 71.3 Å². The third-order valence-corrected chi connectivity index (χ3v) is 6.52. The molecule has 2 heterocycles. The number of nitrogens with zero attached hydrogens (tertiary/aromatic N) is 1. The molecule has 5 nitrogen and oxygen atoms in total. The SMILES string of the molecule is CSc1ccc(CNC(=O)c2c(O)c3sccc3n(Cc3ccccc3)c2=O)cc1. The van der Waals surface area contributed by atoms with Crippen LogP contribution in [0.4, 0.5) is 0 Å². The van der Waals surface area contributed by atoms with E-state index in [1.165, 1.54) is 11.3 Å². The second-order valence-electron chi connectivity index (χ2n) is 6.77. The number of thiophene rings is 1. The van der Waals surface area contributed by atoms with E-state index >= 15 is 0 Å². The summed E-state index contributed by atoms with van der Waals surface area (Å²) in [7, 11) is 0. The van der Waals surface area contributed by atoms with Crippen LogP contribution in [0.25, 0.3) is 10.2 Å². The Labute approximate surface area is 182 Å². The molecule has 0 aliphatic heterocycles. The van der Waals surface area contributed by atoms with Gasteiger partial charge in [0, 0.05) is 11.4 Å². The number of aromatic hydroxyl groups is 1. The summed E-state index contributed by atoms with van der Waals surface area (Å²) in [4.78, 5) is 27.2. The number of carbonyl (C=O) groups excluding carboxylic acids is 1. The minimum atomic E-state index is -0.580. The van der Waals surface area contributed by atoms with E-state index < -0.39 is 11.5 Å². The van der Waals surface area contributed by atoms with Crippen LogP contribution < -0.4 is 10.9 Å². The molecule has 0 fully saturated rings. The molecule has 0 saturated carbocycles. The largest absolute Gasteiger partial charge is 0.505 e. The number of fused-ring (bicyclic) bond motifs is 1. The van der Waals surface area contributed by atoms with Crippen LogP contribution in [0, 0.1) is 0 Å². The van der Waals surface area contributed by atoms with Gasteiger partial charge in [-0.25, -0.2) is 0 Å². The Hall–Kier alpha value is -3.03. The second-order valence-corrected chi connectivity index (χ2v) is 8.56. The van der Waals surface area contributed by atoms with Crippen LogP contribution in [0.15, 0.2) is 75.7 Å². The van der Waals surface area contributed by atoms with E-state index in [1.54, 1.807) is 27.8 Å². The van der Waals surface area contributed by atoms with Gasteiger partial charge in [-0.3, -0.25) is 9.59 Å². The van der Waals surface area contributed by atoms with Gasteiger partial charge in [0.15, 0.2) is 5.75 Å². The van der Waals surface area contributed by atoms with Crippen LogP contribution >= 0.6 is 23.1 Å². The quantitative estimate of drug-likeness (QED) is 0.438. The van der Waals surface area contributed by atoms with Crippen molar-refractivity contribution in [1.29, 1.82) is 0 Å². The predicted molar refractivity (Wildman–Crippen MR) is 123 cm³/mol. The summed E-state index contributed by atoms with van der Waals surface area (Å²) in [6.45, 7) is 0.594. The number of benzene rings is 2. The summed E-state index contributed by atoms with van der Waals surface area (Å²) in [5.74, 6) is -0.840. The molecule has 2 aromatic heterocycles. The lowest BCUT2D eigenvalue weighted by atomic mass is 10.1. The first-order chi connectivity index (χ1) is 14.6. The highest BCUT2D eigenvalue weighted by Crippen LogP contribution is 2.31. The molecule has 152 valence electrons. The molecule has 7 heteroatoms. The molecule has 2 aromatic carbocycles. The average molecular weight is 437 g/mol. The lowest BCUT2D eigenvalue weighted by molar-refractivity contribution is 0.0946. The van der Waals surface area contributed by atoms with Crippen molar-refractivity contribution in [3.63, 3.8) is 0 Å². The summed E-state index contributed by atoms with van der Waals surface area (Å²) in [5.41, 5.74) is 1.76.